The molecule has 2 N–H and O–H groups in total. The number of halogens is 4. The summed E-state index contributed by atoms with van der Waals surface area (Å²) in [5.74, 6) is -8.68. The van der Waals surface area contributed by atoms with Crippen molar-refractivity contribution in [2.75, 3.05) is 0 Å². The number of hydrogen-bond donors (Lipinski definition) is 2. The van der Waals surface area contributed by atoms with Gasteiger partial charge in [0.2, 0.25) is 0 Å². The summed E-state index contributed by atoms with van der Waals surface area (Å²) in [5.41, 5.74) is -0.920. The molecule has 0 saturated carbocycles. The molecular formula is C22H18BrF3N2O3. The highest BCUT2D eigenvalue weighted by Gasteiger charge is 2.51. The largest absolute Gasteiger partial charge is 0.369 e. The topological polar surface area (TPSA) is 69.6 Å². The molecule has 3 rings (SSSR count). The van der Waals surface area contributed by atoms with Crippen molar-refractivity contribution < 1.29 is 27.9 Å². The molecule has 31 heavy (non-hydrogen) atoms. The highest BCUT2D eigenvalue weighted by atomic mass is 79.9. The Morgan fingerprint density at radius 1 is 1.10 bits per heavy atom. The second kappa shape index (κ2) is 9.49. The van der Waals surface area contributed by atoms with E-state index < -0.39 is 40.9 Å². The molecule has 1 heterocycles. The molecule has 0 saturated heterocycles. The molecule has 1 unspecified atom stereocenters. The van der Waals surface area contributed by atoms with Gasteiger partial charge in [0.05, 0.1) is 5.57 Å². The van der Waals surface area contributed by atoms with Gasteiger partial charge in [-0.15, -0.1) is 0 Å². The van der Waals surface area contributed by atoms with Crippen LogP contribution in [0.25, 0.3) is 0 Å². The summed E-state index contributed by atoms with van der Waals surface area (Å²) in [6.07, 6.45) is -1.98. The first-order valence-electron chi connectivity index (χ1n) is 9.21. The Morgan fingerprint density at radius 3 is 2.19 bits per heavy atom. The molecule has 1 aliphatic rings. The van der Waals surface area contributed by atoms with E-state index >= 15 is 0 Å². The second-order valence-electron chi connectivity index (χ2n) is 6.79. The maximum absolute atomic E-state index is 14.9. The smallest absolute Gasteiger partial charge is 0.350 e. The van der Waals surface area contributed by atoms with E-state index in [1.165, 1.54) is 0 Å². The molecule has 0 bridgehead atoms. The first kappa shape index (κ1) is 22.8. The normalized spacial score (nSPS) is 17.3. The lowest BCUT2D eigenvalue weighted by Crippen LogP contribution is -2.43. The van der Waals surface area contributed by atoms with Gasteiger partial charge in [-0.2, -0.15) is 8.78 Å². The Bertz CT molecular complexity index is 1030. The summed E-state index contributed by atoms with van der Waals surface area (Å²) in [6.45, 7) is -0.368. The molecule has 0 spiro atoms. The Hall–Kier alpha value is -2.91. The fourth-order valence-corrected chi connectivity index (χ4v) is 3.66. The lowest BCUT2D eigenvalue weighted by atomic mass is 9.99. The number of amides is 2. The lowest BCUT2D eigenvalue weighted by molar-refractivity contribution is -0.140. The van der Waals surface area contributed by atoms with Crippen LogP contribution >= 0.6 is 15.9 Å². The summed E-state index contributed by atoms with van der Waals surface area (Å²) >= 11 is 2.72. The van der Waals surface area contributed by atoms with Crippen molar-refractivity contribution in [2.45, 2.75) is 25.2 Å². The maximum Gasteiger partial charge on any atom is 0.350 e. The van der Waals surface area contributed by atoms with E-state index in [2.05, 4.69) is 21.2 Å². The number of benzene rings is 2. The summed E-state index contributed by atoms with van der Waals surface area (Å²) in [7, 11) is 0. The molecule has 2 aromatic carbocycles. The number of aliphatic hydroxyl groups is 1. The zero-order valence-electron chi connectivity index (χ0n) is 16.1. The van der Waals surface area contributed by atoms with Gasteiger partial charge in [-0.1, -0.05) is 76.6 Å². The minimum Gasteiger partial charge on any atom is -0.369 e. The van der Waals surface area contributed by atoms with E-state index in [-0.39, 0.29) is 13.1 Å². The molecule has 0 fully saturated rings. The Kier molecular flexibility index (Phi) is 6.97. The van der Waals surface area contributed by atoms with Crippen LogP contribution in [-0.2, 0) is 22.7 Å². The van der Waals surface area contributed by atoms with Gasteiger partial charge in [0.1, 0.15) is 0 Å². The molecule has 0 aromatic heterocycles. The third-order valence-electron chi connectivity index (χ3n) is 4.75. The van der Waals surface area contributed by atoms with Crippen LogP contribution in [0.2, 0.25) is 0 Å². The average molecular weight is 495 g/mol. The summed E-state index contributed by atoms with van der Waals surface area (Å²) in [6, 6.07) is 16.8. The van der Waals surface area contributed by atoms with Gasteiger partial charge < -0.3 is 15.3 Å². The predicted octanol–water partition coefficient (Wildman–Crippen LogP) is 3.80. The molecule has 9 heteroatoms. The van der Waals surface area contributed by atoms with E-state index in [0.717, 1.165) is 0 Å². The molecule has 162 valence electrons. The predicted molar refractivity (Wildman–Crippen MR) is 111 cm³/mol. The first-order valence-corrected chi connectivity index (χ1v) is 10.1. The van der Waals surface area contributed by atoms with E-state index in [1.54, 1.807) is 60.7 Å². The molecule has 1 atom stereocenters. The van der Waals surface area contributed by atoms with E-state index in [9.17, 15) is 27.9 Å². The van der Waals surface area contributed by atoms with Gasteiger partial charge >= 0.3 is 5.92 Å². The summed E-state index contributed by atoms with van der Waals surface area (Å²) in [5, 5.41) is 12.6. The van der Waals surface area contributed by atoms with Gasteiger partial charge in [0.15, 0.2) is 12.1 Å². The lowest BCUT2D eigenvalue weighted by Gasteiger charge is -2.25. The molecule has 0 radical (unpaired) electrons. The third-order valence-corrected chi connectivity index (χ3v) is 5.21. The van der Waals surface area contributed by atoms with E-state index in [4.69, 9.17) is 0 Å². The van der Waals surface area contributed by atoms with Crippen LogP contribution in [0.5, 0.6) is 0 Å². The molecule has 2 aromatic rings. The van der Waals surface area contributed by atoms with Crippen LogP contribution in [0.1, 0.15) is 11.1 Å². The van der Waals surface area contributed by atoms with Crippen LogP contribution in [-0.4, -0.2) is 34.0 Å². The fourth-order valence-electron chi connectivity index (χ4n) is 3.13. The first-order chi connectivity index (χ1) is 14.8. The van der Waals surface area contributed by atoms with Crippen molar-refractivity contribution in [2.24, 2.45) is 0 Å². The van der Waals surface area contributed by atoms with Gasteiger partial charge in [-0.3, -0.25) is 9.59 Å². The van der Waals surface area contributed by atoms with Crippen molar-refractivity contribution in [3.63, 3.8) is 0 Å². The van der Waals surface area contributed by atoms with Crippen molar-refractivity contribution in [1.29, 1.82) is 0 Å². The SMILES string of the molecule is O=C1C(F)=C(/C(=C/Br)C(F)(F)C(=O)NCc2ccccc2)C(O)N1Cc1ccccc1. The van der Waals surface area contributed by atoms with Crippen molar-refractivity contribution in [1.82, 2.24) is 10.2 Å². The monoisotopic (exact) mass is 494 g/mol. The minimum atomic E-state index is -4.21. The number of nitrogens with zero attached hydrogens (tertiary/aromatic N) is 1. The van der Waals surface area contributed by atoms with Crippen LogP contribution < -0.4 is 5.32 Å². The van der Waals surface area contributed by atoms with Crippen molar-refractivity contribution >= 4 is 27.7 Å². The zero-order valence-corrected chi connectivity index (χ0v) is 17.7. The van der Waals surface area contributed by atoms with Crippen LogP contribution in [0.15, 0.2) is 82.6 Å². The van der Waals surface area contributed by atoms with Crippen LogP contribution in [0.4, 0.5) is 13.2 Å². The molecule has 5 nitrogen and oxygen atoms in total. The number of rotatable bonds is 7. The molecule has 0 aliphatic carbocycles. The quantitative estimate of drug-likeness (QED) is 0.614. The van der Waals surface area contributed by atoms with Crippen molar-refractivity contribution in [3.8, 4) is 0 Å². The second-order valence-corrected chi connectivity index (χ2v) is 7.24. The number of alkyl halides is 2. The van der Waals surface area contributed by atoms with Gasteiger partial charge in [0, 0.05) is 18.7 Å². The third kappa shape index (κ3) is 4.72. The number of carbonyl (C=O) groups is 2. The number of aliphatic hydroxyl groups excluding tert-OH is 1. The standard InChI is InChI=1S/C22H18BrF3N2O3/c23-11-16(22(25,26)21(31)27-12-14-7-3-1-4-8-14)17-18(24)20(30)28(19(17)29)13-15-9-5-2-6-10-15/h1-11,19,29H,12-13H2,(H,27,31)/b16-11-. The summed E-state index contributed by atoms with van der Waals surface area (Å²) in [4.78, 5) is 25.9. The van der Waals surface area contributed by atoms with Gasteiger partial charge in [0.25, 0.3) is 11.8 Å². The van der Waals surface area contributed by atoms with Gasteiger partial charge in [-0.05, 0) is 16.1 Å². The number of hydrogen-bond acceptors (Lipinski definition) is 3. The maximum atomic E-state index is 14.9. The van der Waals surface area contributed by atoms with Crippen LogP contribution in [0.3, 0.4) is 0 Å². The van der Waals surface area contributed by atoms with Gasteiger partial charge in [-0.25, -0.2) is 4.39 Å². The number of carbonyl (C=O) groups excluding carboxylic acids is 2. The summed E-state index contributed by atoms with van der Waals surface area (Å²) < 4.78 is 44.5. The highest BCUT2D eigenvalue weighted by molar-refractivity contribution is 9.11. The van der Waals surface area contributed by atoms with E-state index in [0.29, 0.717) is 21.0 Å². The Balaban J connectivity index is 1.81. The molecule has 2 amide bonds. The van der Waals surface area contributed by atoms with Crippen molar-refractivity contribution in [3.05, 3.63) is 93.7 Å². The molecular weight excluding hydrogens is 477 g/mol. The fraction of sp³-hybridized carbons (Fsp3) is 0.182. The average Bonchev–Trinajstić information content (AvgIpc) is 2.98. The Labute approximate surface area is 185 Å². The number of nitrogens with one attached hydrogen (secondary N) is 1. The Morgan fingerprint density at radius 2 is 1.65 bits per heavy atom. The minimum absolute atomic E-state index is 0.173. The van der Waals surface area contributed by atoms with E-state index in [1.807, 2.05) is 0 Å². The highest BCUT2D eigenvalue weighted by Crippen LogP contribution is 2.40. The van der Waals surface area contributed by atoms with Crippen LogP contribution in [0, 0.1) is 0 Å². The zero-order chi connectivity index (χ0) is 22.6. The molecule has 1 aliphatic heterocycles.